The van der Waals surface area contributed by atoms with Crippen LogP contribution in [0.5, 0.6) is 0 Å². The lowest BCUT2D eigenvalue weighted by Gasteiger charge is -2.22. The number of amides is 2. The number of fused-ring (bicyclic) bond motifs is 1. The SMILES string of the molecule is O=C(CCNC(=O)c1n[nH]c2c1CNCC2)NC1CCCCC1. The number of rotatable bonds is 5. The molecule has 0 saturated heterocycles. The van der Waals surface area contributed by atoms with E-state index in [-0.39, 0.29) is 11.8 Å². The Morgan fingerprint density at radius 1 is 1.22 bits per heavy atom. The van der Waals surface area contributed by atoms with Gasteiger partial charge in [-0.05, 0) is 12.8 Å². The van der Waals surface area contributed by atoms with Crippen LogP contribution >= 0.6 is 0 Å². The minimum absolute atomic E-state index is 0.0166. The molecule has 4 N–H and O–H groups in total. The van der Waals surface area contributed by atoms with E-state index in [2.05, 4.69) is 26.1 Å². The molecule has 0 unspecified atom stereocenters. The lowest BCUT2D eigenvalue weighted by atomic mass is 9.95. The minimum atomic E-state index is -0.211. The third-order valence-corrected chi connectivity index (χ3v) is 4.63. The van der Waals surface area contributed by atoms with Crippen LogP contribution in [0.3, 0.4) is 0 Å². The van der Waals surface area contributed by atoms with Crippen LogP contribution in [0.15, 0.2) is 0 Å². The summed E-state index contributed by atoms with van der Waals surface area (Å²) in [5, 5.41) is 16.1. The fourth-order valence-electron chi connectivity index (χ4n) is 3.33. The van der Waals surface area contributed by atoms with Gasteiger partial charge in [0, 0.05) is 49.8 Å². The van der Waals surface area contributed by atoms with E-state index in [1.807, 2.05) is 0 Å². The molecule has 0 atom stereocenters. The van der Waals surface area contributed by atoms with Gasteiger partial charge in [-0.2, -0.15) is 5.10 Å². The zero-order valence-corrected chi connectivity index (χ0v) is 13.4. The highest BCUT2D eigenvalue weighted by molar-refractivity contribution is 5.94. The van der Waals surface area contributed by atoms with Crippen LogP contribution < -0.4 is 16.0 Å². The van der Waals surface area contributed by atoms with Crippen molar-refractivity contribution in [1.82, 2.24) is 26.1 Å². The number of aromatic nitrogens is 2. The van der Waals surface area contributed by atoms with Crippen molar-refractivity contribution in [2.24, 2.45) is 0 Å². The van der Waals surface area contributed by atoms with Gasteiger partial charge in [-0.25, -0.2) is 0 Å². The van der Waals surface area contributed by atoms with Crippen molar-refractivity contribution in [2.75, 3.05) is 13.1 Å². The molecule has 7 heteroatoms. The molecule has 7 nitrogen and oxygen atoms in total. The first kappa shape index (κ1) is 16.0. The van der Waals surface area contributed by atoms with Crippen molar-refractivity contribution >= 4 is 11.8 Å². The van der Waals surface area contributed by atoms with Crippen LogP contribution in [0.4, 0.5) is 0 Å². The van der Waals surface area contributed by atoms with E-state index < -0.39 is 0 Å². The van der Waals surface area contributed by atoms with Crippen molar-refractivity contribution < 1.29 is 9.59 Å². The third kappa shape index (κ3) is 4.10. The molecule has 0 aromatic carbocycles. The first-order valence-electron chi connectivity index (χ1n) is 8.58. The van der Waals surface area contributed by atoms with E-state index in [4.69, 9.17) is 0 Å². The van der Waals surface area contributed by atoms with E-state index in [9.17, 15) is 9.59 Å². The minimum Gasteiger partial charge on any atom is -0.353 e. The van der Waals surface area contributed by atoms with Gasteiger partial charge < -0.3 is 16.0 Å². The van der Waals surface area contributed by atoms with E-state index >= 15 is 0 Å². The van der Waals surface area contributed by atoms with Crippen LogP contribution in [0, 0.1) is 0 Å². The van der Waals surface area contributed by atoms with Crippen molar-refractivity contribution in [3.05, 3.63) is 17.0 Å². The Morgan fingerprint density at radius 3 is 2.87 bits per heavy atom. The van der Waals surface area contributed by atoms with Crippen LogP contribution in [0.25, 0.3) is 0 Å². The fourth-order valence-corrected chi connectivity index (χ4v) is 3.33. The summed E-state index contributed by atoms with van der Waals surface area (Å²) in [4.78, 5) is 24.1. The molecule has 1 aliphatic carbocycles. The van der Waals surface area contributed by atoms with Gasteiger partial charge in [0.1, 0.15) is 0 Å². The molecule has 126 valence electrons. The van der Waals surface area contributed by atoms with Gasteiger partial charge in [0.15, 0.2) is 5.69 Å². The molecule has 1 aliphatic heterocycles. The van der Waals surface area contributed by atoms with Crippen LogP contribution in [-0.2, 0) is 17.8 Å². The second-order valence-electron chi connectivity index (χ2n) is 6.36. The average Bonchev–Trinajstić information content (AvgIpc) is 3.00. The molecule has 1 fully saturated rings. The molecule has 2 heterocycles. The molecular weight excluding hydrogens is 294 g/mol. The van der Waals surface area contributed by atoms with Gasteiger partial charge in [-0.15, -0.1) is 0 Å². The van der Waals surface area contributed by atoms with Crippen molar-refractivity contribution in [2.45, 2.75) is 57.5 Å². The highest BCUT2D eigenvalue weighted by atomic mass is 16.2. The Morgan fingerprint density at radius 2 is 2.04 bits per heavy atom. The number of carbonyl (C=O) groups excluding carboxylic acids is 2. The Labute approximate surface area is 136 Å². The van der Waals surface area contributed by atoms with E-state index in [1.54, 1.807) is 0 Å². The molecular formula is C16H25N5O2. The van der Waals surface area contributed by atoms with Crippen LogP contribution in [0.1, 0.15) is 60.3 Å². The van der Waals surface area contributed by atoms with Gasteiger partial charge in [0.2, 0.25) is 5.91 Å². The smallest absolute Gasteiger partial charge is 0.272 e. The fraction of sp³-hybridized carbons (Fsp3) is 0.688. The molecule has 0 bridgehead atoms. The Balaban J connectivity index is 1.42. The summed E-state index contributed by atoms with van der Waals surface area (Å²) in [6.45, 7) is 1.90. The lowest BCUT2D eigenvalue weighted by molar-refractivity contribution is -0.121. The molecule has 0 radical (unpaired) electrons. The zero-order valence-electron chi connectivity index (χ0n) is 13.4. The summed E-state index contributed by atoms with van der Waals surface area (Å²) in [6.07, 6.45) is 6.98. The molecule has 23 heavy (non-hydrogen) atoms. The average molecular weight is 319 g/mol. The summed E-state index contributed by atoms with van der Waals surface area (Å²) in [5.41, 5.74) is 2.42. The summed E-state index contributed by atoms with van der Waals surface area (Å²) in [5.74, 6) is -0.195. The summed E-state index contributed by atoms with van der Waals surface area (Å²) in [6, 6.07) is 0.316. The van der Waals surface area contributed by atoms with Crippen LogP contribution in [-0.4, -0.2) is 41.1 Å². The van der Waals surface area contributed by atoms with Crippen molar-refractivity contribution in [1.29, 1.82) is 0 Å². The number of H-pyrrole nitrogens is 1. The number of nitrogens with one attached hydrogen (secondary N) is 4. The van der Waals surface area contributed by atoms with Crippen molar-refractivity contribution in [3.8, 4) is 0 Å². The predicted molar refractivity (Wildman–Crippen MR) is 86.0 cm³/mol. The van der Waals surface area contributed by atoms with Crippen molar-refractivity contribution in [3.63, 3.8) is 0 Å². The second kappa shape index (κ2) is 7.59. The third-order valence-electron chi connectivity index (χ3n) is 4.63. The monoisotopic (exact) mass is 319 g/mol. The number of hydrogen-bond acceptors (Lipinski definition) is 4. The van der Waals surface area contributed by atoms with Gasteiger partial charge in [-0.3, -0.25) is 14.7 Å². The molecule has 1 aromatic rings. The largest absolute Gasteiger partial charge is 0.353 e. The van der Waals surface area contributed by atoms with Gasteiger partial charge in [0.05, 0.1) is 0 Å². The maximum Gasteiger partial charge on any atom is 0.272 e. The first-order valence-corrected chi connectivity index (χ1v) is 8.58. The number of nitrogens with zero attached hydrogens (tertiary/aromatic N) is 1. The Kier molecular flexibility index (Phi) is 5.27. The van der Waals surface area contributed by atoms with Crippen LogP contribution in [0.2, 0.25) is 0 Å². The molecule has 2 amide bonds. The first-order chi connectivity index (χ1) is 11.2. The maximum atomic E-state index is 12.2. The standard InChI is InChI=1S/C16H25N5O2/c22-14(19-11-4-2-1-3-5-11)7-9-18-16(23)15-12-10-17-8-6-13(12)20-21-15/h11,17H,1-10H2,(H,18,23)(H,19,22)(H,20,21). The van der Waals surface area contributed by atoms with Gasteiger partial charge >= 0.3 is 0 Å². The Hall–Kier alpha value is -1.89. The Bertz CT molecular complexity index is 563. The summed E-state index contributed by atoms with van der Waals surface area (Å²) < 4.78 is 0. The number of carbonyl (C=O) groups is 2. The predicted octanol–water partition coefficient (Wildman–Crippen LogP) is 0.624. The lowest BCUT2D eigenvalue weighted by Crippen LogP contribution is -2.38. The van der Waals surface area contributed by atoms with E-state index in [0.717, 1.165) is 37.1 Å². The summed E-state index contributed by atoms with van der Waals surface area (Å²) in [7, 11) is 0. The summed E-state index contributed by atoms with van der Waals surface area (Å²) >= 11 is 0. The quantitative estimate of drug-likeness (QED) is 0.639. The molecule has 1 saturated carbocycles. The normalized spacial score (nSPS) is 18.3. The topological polar surface area (TPSA) is 98.9 Å². The number of hydrogen-bond donors (Lipinski definition) is 4. The second-order valence-corrected chi connectivity index (χ2v) is 6.36. The molecule has 0 spiro atoms. The molecule has 3 rings (SSSR count). The van der Waals surface area contributed by atoms with Gasteiger partial charge in [0.25, 0.3) is 5.91 Å². The number of aromatic amines is 1. The highest BCUT2D eigenvalue weighted by Crippen LogP contribution is 2.17. The molecule has 1 aromatic heterocycles. The van der Waals surface area contributed by atoms with Gasteiger partial charge in [-0.1, -0.05) is 19.3 Å². The molecule has 2 aliphatic rings. The maximum absolute atomic E-state index is 12.2. The van der Waals surface area contributed by atoms with E-state index in [1.165, 1.54) is 19.3 Å². The van der Waals surface area contributed by atoms with E-state index in [0.29, 0.717) is 31.2 Å². The highest BCUT2D eigenvalue weighted by Gasteiger charge is 2.21. The zero-order chi connectivity index (χ0) is 16.1.